The van der Waals surface area contributed by atoms with Gasteiger partial charge < -0.3 is 69.5 Å². The van der Waals surface area contributed by atoms with E-state index in [1.807, 2.05) is 5.32 Å². The Kier molecular flexibility index (Phi) is 23.2. The molecule has 0 aliphatic carbocycles. The molecule has 65 heavy (non-hydrogen) atoms. The molecule has 0 radical (unpaired) electrons. The molecule has 0 saturated carbocycles. The number of thiol groups is 2. The van der Waals surface area contributed by atoms with Crippen LogP contribution >= 0.6 is 25.3 Å². The van der Waals surface area contributed by atoms with Crippen LogP contribution in [0.25, 0.3) is 0 Å². The third-order valence-electron chi connectivity index (χ3n) is 9.76. The second kappa shape index (κ2) is 27.4. The summed E-state index contributed by atoms with van der Waals surface area (Å²) < 4.78 is 0. The first-order chi connectivity index (χ1) is 30.6. The summed E-state index contributed by atoms with van der Waals surface area (Å²) in [5.74, 6) is -11.3. The summed E-state index contributed by atoms with van der Waals surface area (Å²) in [7, 11) is 0. The summed E-state index contributed by atoms with van der Waals surface area (Å²) in [5, 5.41) is 35.2. The van der Waals surface area contributed by atoms with E-state index in [9.17, 15) is 63.0 Å². The minimum atomic E-state index is -1.76. The largest absolute Gasteiger partial charge is 0.481 e. The minimum Gasteiger partial charge on any atom is -0.481 e. The van der Waals surface area contributed by atoms with E-state index in [0.29, 0.717) is 5.56 Å². The number of amides is 10. The number of aliphatic carboxylic acids is 1. The first-order valence-corrected chi connectivity index (χ1v) is 21.7. The average Bonchev–Trinajstić information content (AvgIpc) is 3.75. The highest BCUT2D eigenvalue weighted by Gasteiger charge is 2.40. The maximum Gasteiger partial charge on any atom is 0.305 e. The fraction of sp³-hybridized carbons (Fsp3) is 0.564. The molecule has 0 unspecified atom stereocenters. The van der Waals surface area contributed by atoms with Gasteiger partial charge in [-0.15, -0.1) is 0 Å². The molecule has 360 valence electrons. The van der Waals surface area contributed by atoms with E-state index < -0.39 is 139 Å². The number of likely N-dealkylation sites (tertiary alicyclic amines) is 1. The lowest BCUT2D eigenvalue weighted by Crippen LogP contribution is -2.60. The number of nitrogens with one attached hydrogen (secondary N) is 7. The fourth-order valence-electron chi connectivity index (χ4n) is 6.43. The van der Waals surface area contributed by atoms with Crippen molar-refractivity contribution in [3.8, 4) is 0 Å². The van der Waals surface area contributed by atoms with Crippen molar-refractivity contribution in [2.75, 3.05) is 31.2 Å². The Morgan fingerprint density at radius 3 is 1.83 bits per heavy atom. The van der Waals surface area contributed by atoms with Crippen LogP contribution in [0, 0.1) is 5.92 Å². The van der Waals surface area contributed by atoms with Gasteiger partial charge in [0.1, 0.15) is 42.3 Å². The number of hydrogen-bond acceptors (Lipinski definition) is 15. The van der Waals surface area contributed by atoms with Crippen LogP contribution in [0.1, 0.15) is 51.5 Å². The summed E-state index contributed by atoms with van der Waals surface area (Å²) in [6.07, 6.45) is -1.23. The molecular formula is C39H59N11O13S2. The van der Waals surface area contributed by atoms with E-state index in [-0.39, 0.29) is 49.7 Å². The number of aliphatic hydroxyl groups is 1. The van der Waals surface area contributed by atoms with Crippen molar-refractivity contribution in [2.45, 2.75) is 101 Å². The van der Waals surface area contributed by atoms with Crippen LogP contribution in [-0.4, -0.2) is 160 Å². The Morgan fingerprint density at radius 2 is 1.29 bits per heavy atom. The number of carbonyl (C=O) groups excluding carboxylic acids is 10. The molecule has 15 N–H and O–H groups in total. The summed E-state index contributed by atoms with van der Waals surface area (Å²) >= 11 is 8.19. The van der Waals surface area contributed by atoms with E-state index in [0.717, 1.165) is 4.90 Å². The Labute approximate surface area is 385 Å². The van der Waals surface area contributed by atoms with Gasteiger partial charge in [-0.3, -0.25) is 52.7 Å². The Hall–Kier alpha value is -5.99. The number of carboxylic acid groups (broad SMARTS) is 1. The van der Waals surface area contributed by atoms with E-state index in [1.54, 1.807) is 44.2 Å². The molecular weight excluding hydrogens is 895 g/mol. The van der Waals surface area contributed by atoms with Crippen molar-refractivity contribution in [3.63, 3.8) is 0 Å². The molecule has 1 heterocycles. The number of primary amides is 2. The zero-order valence-corrected chi connectivity index (χ0v) is 37.6. The number of carboxylic acids is 1. The standard InChI is InChI=1S/C39H59N11O13S2/c1-19(2)11-22(46-35(59)23(45-33(57)21(40)17-64)12-20-7-4-3-5-8-20)34(58)43-15-30(53)44-24(13-29(41)52)36(60)49-27(18-65)39(63)50-10-6-9-28(50)38(62)47-25(14-31(54)55)37(61)48-26(16-51)32(42)56/h3-5,7-8,19,21-28,51,64-65H,6,9-18,40H2,1-2H3,(H2,41,52)(H2,42,56)(H,43,58)(H,44,53)(H,45,57)(H,46,59)(H,47,62)(H,48,61)(H,49,60)(H,54,55)/t21-,22-,23-,24-,25-,26-,27-,28-/m0/s1. The highest BCUT2D eigenvalue weighted by atomic mass is 32.1. The van der Waals surface area contributed by atoms with Crippen LogP contribution in [0.3, 0.4) is 0 Å². The van der Waals surface area contributed by atoms with Crippen molar-refractivity contribution >= 4 is 90.3 Å². The molecule has 0 bridgehead atoms. The van der Waals surface area contributed by atoms with Crippen LogP contribution in [0.2, 0.25) is 0 Å². The summed E-state index contributed by atoms with van der Waals surface area (Å²) in [6.45, 7) is 1.88. The molecule has 2 rings (SSSR count). The zero-order chi connectivity index (χ0) is 49.0. The first kappa shape index (κ1) is 55.1. The summed E-state index contributed by atoms with van der Waals surface area (Å²) in [5.41, 5.74) is 17.0. The summed E-state index contributed by atoms with van der Waals surface area (Å²) in [6, 6.07) is -2.37. The van der Waals surface area contributed by atoms with Crippen molar-refractivity contribution in [3.05, 3.63) is 35.9 Å². The number of aliphatic hydroxyl groups excluding tert-OH is 1. The fourth-order valence-corrected chi connectivity index (χ4v) is 6.85. The van der Waals surface area contributed by atoms with E-state index >= 15 is 0 Å². The predicted molar refractivity (Wildman–Crippen MR) is 237 cm³/mol. The van der Waals surface area contributed by atoms with Gasteiger partial charge in [-0.05, 0) is 30.7 Å². The van der Waals surface area contributed by atoms with Crippen LogP contribution in [-0.2, 0) is 59.2 Å². The lowest BCUT2D eigenvalue weighted by molar-refractivity contribution is -0.144. The molecule has 0 aromatic heterocycles. The molecule has 1 aliphatic heterocycles. The third-order valence-corrected chi connectivity index (χ3v) is 10.5. The van der Waals surface area contributed by atoms with Crippen LogP contribution in [0.5, 0.6) is 0 Å². The summed E-state index contributed by atoms with van der Waals surface area (Å²) in [4.78, 5) is 142. The van der Waals surface area contributed by atoms with E-state index in [2.05, 4.69) is 57.2 Å². The highest BCUT2D eigenvalue weighted by Crippen LogP contribution is 2.20. The maximum atomic E-state index is 13.7. The van der Waals surface area contributed by atoms with Gasteiger partial charge in [-0.2, -0.15) is 25.3 Å². The van der Waals surface area contributed by atoms with Crippen molar-refractivity contribution in [1.82, 2.24) is 42.1 Å². The minimum absolute atomic E-state index is 0.00121. The van der Waals surface area contributed by atoms with Crippen LogP contribution in [0.4, 0.5) is 0 Å². The predicted octanol–water partition coefficient (Wildman–Crippen LogP) is -5.69. The van der Waals surface area contributed by atoms with Crippen LogP contribution in [0.15, 0.2) is 30.3 Å². The zero-order valence-electron chi connectivity index (χ0n) is 35.8. The van der Waals surface area contributed by atoms with Crippen LogP contribution < -0.4 is 54.4 Å². The number of nitrogens with two attached hydrogens (primary N) is 3. The molecule has 1 aromatic rings. The van der Waals surface area contributed by atoms with E-state index in [4.69, 9.17) is 17.2 Å². The second-order valence-corrected chi connectivity index (χ2v) is 16.2. The van der Waals surface area contributed by atoms with Gasteiger partial charge in [-0.1, -0.05) is 44.2 Å². The van der Waals surface area contributed by atoms with E-state index in [1.165, 1.54) is 0 Å². The quantitative estimate of drug-likeness (QED) is 0.0366. The second-order valence-electron chi connectivity index (χ2n) is 15.5. The smallest absolute Gasteiger partial charge is 0.305 e. The Bertz CT molecular complexity index is 1900. The van der Waals surface area contributed by atoms with Crippen molar-refractivity contribution in [2.24, 2.45) is 23.1 Å². The lowest BCUT2D eigenvalue weighted by atomic mass is 10.0. The third kappa shape index (κ3) is 18.6. The van der Waals surface area contributed by atoms with Gasteiger partial charge in [0.05, 0.1) is 32.0 Å². The maximum absolute atomic E-state index is 13.7. The van der Waals surface area contributed by atoms with Crippen molar-refractivity contribution in [1.29, 1.82) is 0 Å². The SMILES string of the molecule is CC(C)C[C@H](NC(=O)[C@H](Cc1ccccc1)NC(=O)[C@@H](N)CS)C(=O)NCC(=O)N[C@@H](CC(N)=O)C(=O)N[C@@H](CS)C(=O)N1CCC[C@H]1C(=O)N[C@@H](CC(=O)O)C(=O)N[C@@H](CO)C(N)=O. The molecule has 1 saturated heterocycles. The van der Waals surface area contributed by atoms with Gasteiger partial charge in [0.15, 0.2) is 0 Å². The topological polar surface area (TPSA) is 394 Å². The number of carbonyl (C=O) groups is 11. The highest BCUT2D eigenvalue weighted by molar-refractivity contribution is 7.80. The molecule has 1 fully saturated rings. The van der Waals surface area contributed by atoms with Crippen molar-refractivity contribution < 1.29 is 63.0 Å². The Morgan fingerprint density at radius 1 is 0.723 bits per heavy atom. The van der Waals surface area contributed by atoms with Gasteiger partial charge in [-0.25, -0.2) is 0 Å². The average molecular weight is 954 g/mol. The molecule has 24 nitrogen and oxygen atoms in total. The molecule has 1 aliphatic rings. The number of nitrogens with zero attached hydrogens (tertiary/aromatic N) is 1. The lowest BCUT2D eigenvalue weighted by Gasteiger charge is -2.30. The molecule has 26 heteroatoms. The van der Waals surface area contributed by atoms with Gasteiger partial charge in [0, 0.05) is 24.5 Å². The Balaban J connectivity index is 2.16. The van der Waals surface area contributed by atoms with Gasteiger partial charge in [0.25, 0.3) is 0 Å². The monoisotopic (exact) mass is 953 g/mol. The normalized spacial score (nSPS) is 16.5. The van der Waals surface area contributed by atoms with Gasteiger partial charge >= 0.3 is 5.97 Å². The first-order valence-electron chi connectivity index (χ1n) is 20.4. The molecule has 8 atom stereocenters. The number of rotatable bonds is 27. The number of benzene rings is 1. The molecule has 0 spiro atoms. The number of hydrogen-bond donors (Lipinski definition) is 14. The molecule has 1 aromatic carbocycles. The van der Waals surface area contributed by atoms with Gasteiger partial charge in [0.2, 0.25) is 59.1 Å². The molecule has 10 amide bonds.